The molecule has 332 valence electrons. The molecular formula is C43H60N8O10. The first kappa shape index (κ1) is 46.5. The SMILES string of the molecule is CC(C)(C)OCC(C(=O)OC(C)(C)C)n1cnc2ccc(N3CCN(C(=O)OC(C)(C)C)CC3)cc2c1=O.O=C(O)C(CO)n1cnc2ccc(N3CCNCC3)cc2c1=O. The molecule has 61 heavy (non-hydrogen) atoms. The van der Waals surface area contributed by atoms with E-state index in [0.717, 1.165) is 42.1 Å². The first-order valence-electron chi connectivity index (χ1n) is 20.5. The van der Waals surface area contributed by atoms with Crippen LogP contribution in [0.4, 0.5) is 16.2 Å². The van der Waals surface area contributed by atoms with Crippen LogP contribution >= 0.6 is 0 Å². The van der Waals surface area contributed by atoms with E-state index in [9.17, 15) is 29.1 Å². The summed E-state index contributed by atoms with van der Waals surface area (Å²) in [6.45, 7) is 21.5. The van der Waals surface area contributed by atoms with E-state index < -0.39 is 53.0 Å². The smallest absolute Gasteiger partial charge is 0.410 e. The first-order valence-corrected chi connectivity index (χ1v) is 20.5. The molecule has 4 aromatic rings. The molecule has 2 aliphatic heterocycles. The van der Waals surface area contributed by atoms with Crippen LogP contribution in [0.2, 0.25) is 0 Å². The number of carboxylic acid groups (broad SMARTS) is 1. The number of rotatable bonds is 9. The molecule has 2 saturated heterocycles. The van der Waals surface area contributed by atoms with Crippen molar-refractivity contribution in [3.63, 3.8) is 0 Å². The Labute approximate surface area is 355 Å². The number of aliphatic hydroxyl groups is 1. The van der Waals surface area contributed by atoms with Crippen LogP contribution in [0.25, 0.3) is 21.8 Å². The number of anilines is 2. The molecule has 2 atom stereocenters. The van der Waals surface area contributed by atoms with E-state index in [1.54, 1.807) is 49.9 Å². The van der Waals surface area contributed by atoms with Crippen LogP contribution in [-0.4, -0.2) is 135 Å². The minimum atomic E-state index is -1.33. The number of aromatic nitrogens is 4. The standard InChI is InChI=1S/C28H42N4O6.C15H18N4O4/c1-26(2,3)36-17-22(24(34)37-27(4,5)6)32-18-29-21-11-10-19(16-20(21)23(32)33)30-12-14-31(15-13-30)25(35)38-28(7,8)9;20-8-13(15(22)23)19-9-17-12-2-1-10(7-11(12)14(19)21)18-5-3-16-4-6-18/h10-11,16,18,22H,12-15,17H2,1-9H3;1-2,7,9,13,16,20H,3-6,8H2,(H,22,23). The summed E-state index contributed by atoms with van der Waals surface area (Å²) < 4.78 is 19.2. The van der Waals surface area contributed by atoms with Gasteiger partial charge in [-0.2, -0.15) is 0 Å². The molecule has 2 aromatic heterocycles. The van der Waals surface area contributed by atoms with Crippen molar-refractivity contribution in [1.82, 2.24) is 29.3 Å². The average molecular weight is 849 g/mol. The minimum absolute atomic E-state index is 0.0299. The zero-order valence-electron chi connectivity index (χ0n) is 36.6. The molecule has 2 aromatic carbocycles. The highest BCUT2D eigenvalue weighted by Crippen LogP contribution is 2.24. The Morgan fingerprint density at radius 2 is 1.16 bits per heavy atom. The Morgan fingerprint density at radius 1 is 0.689 bits per heavy atom. The number of nitrogens with zero attached hydrogens (tertiary/aromatic N) is 7. The van der Waals surface area contributed by atoms with Gasteiger partial charge in [0.1, 0.15) is 11.2 Å². The molecule has 0 radical (unpaired) electrons. The van der Waals surface area contributed by atoms with E-state index in [0.29, 0.717) is 48.0 Å². The lowest BCUT2D eigenvalue weighted by molar-refractivity contribution is -0.163. The van der Waals surface area contributed by atoms with Crippen LogP contribution in [0, 0.1) is 0 Å². The summed E-state index contributed by atoms with van der Waals surface area (Å²) in [5.74, 6) is -1.83. The monoisotopic (exact) mass is 848 g/mol. The number of ether oxygens (including phenoxy) is 3. The lowest BCUT2D eigenvalue weighted by Crippen LogP contribution is -2.50. The maximum atomic E-state index is 13.6. The fourth-order valence-electron chi connectivity index (χ4n) is 6.73. The predicted octanol–water partition coefficient (Wildman–Crippen LogP) is 3.58. The van der Waals surface area contributed by atoms with E-state index >= 15 is 0 Å². The highest BCUT2D eigenvalue weighted by atomic mass is 16.6. The molecule has 0 saturated carbocycles. The second-order valence-corrected chi connectivity index (χ2v) is 18.0. The van der Waals surface area contributed by atoms with E-state index in [-0.39, 0.29) is 18.3 Å². The summed E-state index contributed by atoms with van der Waals surface area (Å²) >= 11 is 0. The Balaban J connectivity index is 0.000000260. The molecule has 4 heterocycles. The third-order valence-electron chi connectivity index (χ3n) is 9.79. The number of benzene rings is 2. The largest absolute Gasteiger partial charge is 0.480 e. The molecule has 2 unspecified atom stereocenters. The van der Waals surface area contributed by atoms with Crippen molar-refractivity contribution in [1.29, 1.82) is 0 Å². The summed E-state index contributed by atoms with van der Waals surface area (Å²) in [5, 5.41) is 22.3. The molecular weight excluding hydrogens is 789 g/mol. The van der Waals surface area contributed by atoms with Crippen molar-refractivity contribution < 1.29 is 38.8 Å². The lowest BCUT2D eigenvalue weighted by Gasteiger charge is -2.36. The van der Waals surface area contributed by atoms with Gasteiger partial charge in [0, 0.05) is 63.7 Å². The normalized spacial score (nSPS) is 16.1. The van der Waals surface area contributed by atoms with E-state index in [2.05, 4.69) is 25.1 Å². The van der Waals surface area contributed by atoms with Crippen LogP contribution in [0.15, 0.2) is 58.6 Å². The van der Waals surface area contributed by atoms with Crippen molar-refractivity contribution in [2.45, 2.75) is 91.2 Å². The number of aliphatic hydroxyl groups excluding tert-OH is 1. The van der Waals surface area contributed by atoms with E-state index in [4.69, 9.17) is 19.3 Å². The van der Waals surface area contributed by atoms with Crippen molar-refractivity contribution >= 4 is 51.2 Å². The van der Waals surface area contributed by atoms with Crippen LogP contribution in [-0.2, 0) is 23.8 Å². The van der Waals surface area contributed by atoms with Crippen LogP contribution in [0.1, 0.15) is 74.4 Å². The molecule has 18 heteroatoms. The van der Waals surface area contributed by atoms with Gasteiger partial charge in [0.05, 0.1) is 53.3 Å². The minimum Gasteiger partial charge on any atom is -0.480 e. The second-order valence-electron chi connectivity index (χ2n) is 18.0. The topological polar surface area (TPSA) is 211 Å². The van der Waals surface area contributed by atoms with Gasteiger partial charge in [0.2, 0.25) is 0 Å². The Bertz CT molecular complexity index is 2310. The number of carbonyl (C=O) groups is 3. The highest BCUT2D eigenvalue weighted by molar-refractivity contribution is 5.83. The van der Waals surface area contributed by atoms with Crippen molar-refractivity contribution in [3.05, 3.63) is 69.8 Å². The molecule has 2 aliphatic rings. The van der Waals surface area contributed by atoms with Gasteiger partial charge in [0.25, 0.3) is 11.1 Å². The van der Waals surface area contributed by atoms with E-state index in [1.165, 1.54) is 17.2 Å². The number of hydrogen-bond acceptors (Lipinski definition) is 14. The van der Waals surface area contributed by atoms with Gasteiger partial charge >= 0.3 is 18.0 Å². The summed E-state index contributed by atoms with van der Waals surface area (Å²) in [4.78, 5) is 77.5. The Hall–Kier alpha value is -5.59. The molecule has 0 bridgehead atoms. The summed E-state index contributed by atoms with van der Waals surface area (Å²) in [5.41, 5.74) is 0.196. The number of hydrogen-bond donors (Lipinski definition) is 3. The van der Waals surface area contributed by atoms with Crippen molar-refractivity contribution in [2.24, 2.45) is 0 Å². The predicted molar refractivity (Wildman–Crippen MR) is 231 cm³/mol. The van der Waals surface area contributed by atoms with Crippen molar-refractivity contribution in [3.8, 4) is 0 Å². The number of esters is 1. The van der Waals surface area contributed by atoms with Gasteiger partial charge in [-0.1, -0.05) is 0 Å². The number of amides is 1. The fourth-order valence-corrected chi connectivity index (χ4v) is 6.73. The molecule has 0 aliphatic carbocycles. The van der Waals surface area contributed by atoms with Crippen LogP contribution in [0.5, 0.6) is 0 Å². The van der Waals surface area contributed by atoms with Gasteiger partial charge < -0.3 is 44.4 Å². The lowest BCUT2D eigenvalue weighted by atomic mass is 10.1. The number of carbonyl (C=O) groups excluding carboxylic acids is 2. The van der Waals surface area contributed by atoms with Gasteiger partial charge in [0.15, 0.2) is 12.1 Å². The van der Waals surface area contributed by atoms with Gasteiger partial charge in [-0.15, -0.1) is 0 Å². The zero-order valence-corrected chi connectivity index (χ0v) is 36.6. The maximum Gasteiger partial charge on any atom is 0.410 e. The molecule has 1 amide bonds. The number of aliphatic carboxylic acids is 1. The first-order chi connectivity index (χ1) is 28.5. The molecule has 2 fully saturated rings. The number of fused-ring (bicyclic) bond motifs is 2. The van der Waals surface area contributed by atoms with Crippen molar-refractivity contribution in [2.75, 3.05) is 75.4 Å². The quantitative estimate of drug-likeness (QED) is 0.206. The number of carboxylic acids is 1. The Morgan fingerprint density at radius 3 is 1.61 bits per heavy atom. The second kappa shape index (κ2) is 19.0. The van der Waals surface area contributed by atoms with Gasteiger partial charge in [-0.3, -0.25) is 18.7 Å². The highest BCUT2D eigenvalue weighted by Gasteiger charge is 2.31. The summed E-state index contributed by atoms with van der Waals surface area (Å²) in [7, 11) is 0. The summed E-state index contributed by atoms with van der Waals surface area (Å²) in [6, 6.07) is 8.59. The van der Waals surface area contributed by atoms with Gasteiger partial charge in [-0.25, -0.2) is 24.4 Å². The average Bonchev–Trinajstić information content (AvgIpc) is 3.18. The summed E-state index contributed by atoms with van der Waals surface area (Å²) in [6.07, 6.45) is 2.22. The third kappa shape index (κ3) is 12.3. The van der Waals surface area contributed by atoms with Crippen LogP contribution < -0.4 is 26.2 Å². The molecule has 18 nitrogen and oxygen atoms in total. The zero-order chi connectivity index (χ0) is 44.9. The van der Waals surface area contributed by atoms with Gasteiger partial charge in [-0.05, 0) is 98.7 Å². The van der Waals surface area contributed by atoms with Crippen LogP contribution in [0.3, 0.4) is 0 Å². The molecule has 0 spiro atoms. The number of nitrogens with one attached hydrogen (secondary N) is 1. The fraction of sp³-hybridized carbons (Fsp3) is 0.558. The third-order valence-corrected chi connectivity index (χ3v) is 9.79. The molecule has 6 rings (SSSR count). The molecule has 3 N–H and O–H groups in total. The Kier molecular flexibility index (Phi) is 14.5. The van der Waals surface area contributed by atoms with E-state index in [1.807, 2.05) is 53.7 Å². The maximum absolute atomic E-state index is 13.6. The number of piperazine rings is 2.